The molecule has 2 aromatic carbocycles. The molecule has 0 saturated carbocycles. The van der Waals surface area contributed by atoms with Crippen molar-refractivity contribution < 1.29 is 0 Å². The van der Waals surface area contributed by atoms with Gasteiger partial charge in [0.1, 0.15) is 0 Å². The standard InChI is InChI=1S/C14H11.3CH3.Sn/c1-2-12-8-10-14(11-9-12)13-6-4-3-5-7-13;;;;/h2,4-11H,1H2;3*1H3;. The van der Waals surface area contributed by atoms with E-state index in [0.29, 0.717) is 0 Å². The van der Waals surface area contributed by atoms with Gasteiger partial charge in [-0.3, -0.25) is 0 Å². The molecule has 2 aromatic rings. The van der Waals surface area contributed by atoms with Gasteiger partial charge in [-0.1, -0.05) is 0 Å². The van der Waals surface area contributed by atoms with E-state index in [4.69, 9.17) is 0 Å². The van der Waals surface area contributed by atoms with Gasteiger partial charge in [-0.25, -0.2) is 0 Å². The van der Waals surface area contributed by atoms with E-state index in [0.717, 1.165) is 0 Å². The Labute approximate surface area is 114 Å². The molecule has 0 aliphatic carbocycles. The maximum absolute atomic E-state index is 3.78. The van der Waals surface area contributed by atoms with Crippen LogP contribution in [0.15, 0.2) is 55.1 Å². The molecule has 0 N–H and O–H groups in total. The average Bonchev–Trinajstić information content (AvgIpc) is 2.38. The van der Waals surface area contributed by atoms with Crippen molar-refractivity contribution in [3.63, 3.8) is 0 Å². The normalized spacial score (nSPS) is 11.3. The van der Waals surface area contributed by atoms with Crippen LogP contribution in [0.1, 0.15) is 5.56 Å². The first-order chi connectivity index (χ1) is 8.50. The van der Waals surface area contributed by atoms with Gasteiger partial charge >= 0.3 is 115 Å². The molecule has 0 unspecified atom stereocenters. The van der Waals surface area contributed by atoms with E-state index >= 15 is 0 Å². The fourth-order valence-electron chi connectivity index (χ4n) is 1.97. The third-order valence-electron chi connectivity index (χ3n) is 3.23. The summed E-state index contributed by atoms with van der Waals surface area (Å²) in [6.45, 7) is 3.78. The van der Waals surface area contributed by atoms with Crippen LogP contribution in [0.25, 0.3) is 17.2 Å². The Bertz CT molecular complexity index is 527. The van der Waals surface area contributed by atoms with E-state index in [1.165, 1.54) is 16.7 Å². The van der Waals surface area contributed by atoms with Crippen molar-refractivity contribution in [2.24, 2.45) is 0 Å². The fourth-order valence-corrected chi connectivity index (χ4v) is 5.30. The van der Waals surface area contributed by atoms with Crippen LogP contribution in [0.2, 0.25) is 14.8 Å². The van der Waals surface area contributed by atoms with Crippen molar-refractivity contribution in [1.82, 2.24) is 0 Å². The summed E-state index contributed by atoms with van der Waals surface area (Å²) in [5.41, 5.74) is 3.74. The van der Waals surface area contributed by atoms with Crippen LogP contribution in [0, 0.1) is 0 Å². The molecule has 0 amide bonds. The SMILES string of the molecule is C=Cc1ccc(-c2cc[c]([Sn]([CH3])([CH3])[CH3])cc2)cc1. The first kappa shape index (κ1) is 13.4. The Morgan fingerprint density at radius 3 is 1.61 bits per heavy atom. The van der Waals surface area contributed by atoms with Crippen LogP contribution >= 0.6 is 0 Å². The van der Waals surface area contributed by atoms with Gasteiger partial charge in [-0.2, -0.15) is 0 Å². The van der Waals surface area contributed by atoms with Crippen LogP contribution in [0.3, 0.4) is 0 Å². The Morgan fingerprint density at radius 2 is 1.22 bits per heavy atom. The maximum atomic E-state index is 3.78. The fraction of sp³-hybridized carbons (Fsp3) is 0.176. The van der Waals surface area contributed by atoms with Crippen LogP contribution in [0.4, 0.5) is 0 Å². The van der Waals surface area contributed by atoms with E-state index in [-0.39, 0.29) is 0 Å². The predicted octanol–water partition coefficient (Wildman–Crippen LogP) is 4.54. The first-order valence-corrected chi connectivity index (χ1v) is 16.3. The molecule has 0 radical (unpaired) electrons. The third-order valence-corrected chi connectivity index (χ3v) is 9.13. The van der Waals surface area contributed by atoms with Crippen molar-refractivity contribution >= 4 is 28.0 Å². The minimum absolute atomic E-state index is 1.17. The topological polar surface area (TPSA) is 0 Å². The van der Waals surface area contributed by atoms with Gasteiger partial charge in [0.25, 0.3) is 0 Å². The Kier molecular flexibility index (Phi) is 3.96. The average molecular weight is 343 g/mol. The molecule has 18 heavy (non-hydrogen) atoms. The molecule has 0 nitrogen and oxygen atoms in total. The second kappa shape index (κ2) is 5.31. The number of hydrogen-bond acceptors (Lipinski definition) is 0. The van der Waals surface area contributed by atoms with Gasteiger partial charge in [0.2, 0.25) is 0 Å². The van der Waals surface area contributed by atoms with Crippen molar-refractivity contribution in [1.29, 1.82) is 0 Å². The molecule has 0 saturated heterocycles. The van der Waals surface area contributed by atoms with Crippen LogP contribution in [-0.2, 0) is 0 Å². The van der Waals surface area contributed by atoms with Gasteiger partial charge in [-0.05, 0) is 0 Å². The summed E-state index contributed by atoms with van der Waals surface area (Å²) in [4.78, 5) is 7.34. The van der Waals surface area contributed by atoms with E-state index in [1.54, 1.807) is 3.58 Å². The summed E-state index contributed by atoms with van der Waals surface area (Å²) < 4.78 is 1.58. The number of benzene rings is 2. The summed E-state index contributed by atoms with van der Waals surface area (Å²) in [6, 6.07) is 17.7. The van der Waals surface area contributed by atoms with Crippen LogP contribution in [0.5, 0.6) is 0 Å². The molecule has 0 aromatic heterocycles. The van der Waals surface area contributed by atoms with Crippen molar-refractivity contribution in [2.75, 3.05) is 0 Å². The van der Waals surface area contributed by atoms with E-state index in [9.17, 15) is 0 Å². The molecule has 0 aliphatic rings. The van der Waals surface area contributed by atoms with Crippen LogP contribution < -0.4 is 3.58 Å². The van der Waals surface area contributed by atoms with Crippen molar-refractivity contribution in [3.8, 4) is 11.1 Å². The summed E-state index contributed by atoms with van der Waals surface area (Å²) >= 11 is -1.90. The summed E-state index contributed by atoms with van der Waals surface area (Å²) in [6.07, 6.45) is 1.88. The van der Waals surface area contributed by atoms with Gasteiger partial charge in [0, 0.05) is 0 Å². The van der Waals surface area contributed by atoms with Gasteiger partial charge < -0.3 is 0 Å². The molecular formula is C17H20Sn. The zero-order valence-corrected chi connectivity index (χ0v) is 14.3. The molecule has 0 bridgehead atoms. The molecule has 0 aliphatic heterocycles. The molecule has 0 fully saturated rings. The third kappa shape index (κ3) is 3.05. The molecule has 0 atom stereocenters. The molecule has 92 valence electrons. The zero-order chi connectivity index (χ0) is 13.2. The summed E-state index contributed by atoms with van der Waals surface area (Å²) in [7, 11) is 0. The molecule has 0 spiro atoms. The van der Waals surface area contributed by atoms with E-state index < -0.39 is 18.4 Å². The predicted molar refractivity (Wildman–Crippen MR) is 84.9 cm³/mol. The minimum atomic E-state index is -1.90. The summed E-state index contributed by atoms with van der Waals surface area (Å²) in [5, 5.41) is 0. The molecule has 1 heteroatoms. The molecule has 0 heterocycles. The van der Waals surface area contributed by atoms with Crippen molar-refractivity contribution in [2.45, 2.75) is 14.8 Å². The second-order valence-corrected chi connectivity index (χ2v) is 20.1. The zero-order valence-electron chi connectivity index (χ0n) is 11.4. The van der Waals surface area contributed by atoms with Crippen molar-refractivity contribution in [3.05, 3.63) is 60.7 Å². The summed E-state index contributed by atoms with van der Waals surface area (Å²) in [5.74, 6) is 0. The van der Waals surface area contributed by atoms with E-state index in [1.807, 2.05) is 6.08 Å². The van der Waals surface area contributed by atoms with Gasteiger partial charge in [0.15, 0.2) is 0 Å². The Hall–Kier alpha value is -1.02. The number of hydrogen-bond donors (Lipinski definition) is 0. The molecular weight excluding hydrogens is 323 g/mol. The monoisotopic (exact) mass is 344 g/mol. The Morgan fingerprint density at radius 1 is 0.778 bits per heavy atom. The van der Waals surface area contributed by atoms with Crippen LogP contribution in [-0.4, -0.2) is 18.4 Å². The van der Waals surface area contributed by atoms with Gasteiger partial charge in [0.05, 0.1) is 0 Å². The van der Waals surface area contributed by atoms with Gasteiger partial charge in [-0.15, -0.1) is 0 Å². The first-order valence-electron chi connectivity index (χ1n) is 6.34. The molecule has 2 rings (SSSR count). The Balaban J connectivity index is 2.31. The van der Waals surface area contributed by atoms with E-state index in [2.05, 4.69) is 69.9 Å². The quantitative estimate of drug-likeness (QED) is 0.718. The second-order valence-electron chi connectivity index (χ2n) is 5.65. The number of rotatable bonds is 3.